The van der Waals surface area contributed by atoms with Crippen molar-refractivity contribution in [2.75, 3.05) is 24.3 Å². The van der Waals surface area contributed by atoms with Crippen LogP contribution >= 0.6 is 11.6 Å². The number of fused-ring (bicyclic) bond motifs is 1. The molecule has 4 N–H and O–H groups in total. The molecule has 2 heterocycles. The van der Waals surface area contributed by atoms with E-state index in [9.17, 15) is 9.59 Å². The standard InChI is InChI=1S/C21H18ClN7O3/c1-29(2)13-4-6-16-17(8-13)27-18(26-16)14-7-12(3-5-15(14)22)25-21(31)19-23-9-11(10-24-19)20(30)28-32/h3-10,32H,1-2H3,(H,25,31)(H,26,27)(H,28,30). The number of amides is 2. The number of imidazole rings is 1. The molecule has 0 bridgehead atoms. The second kappa shape index (κ2) is 8.61. The zero-order valence-electron chi connectivity index (χ0n) is 17.0. The van der Waals surface area contributed by atoms with Crippen LogP contribution < -0.4 is 15.7 Å². The first-order chi connectivity index (χ1) is 15.4. The number of aromatic nitrogens is 4. The molecule has 0 saturated carbocycles. The number of nitrogens with zero attached hydrogens (tertiary/aromatic N) is 4. The van der Waals surface area contributed by atoms with Crippen LogP contribution in [-0.4, -0.2) is 51.1 Å². The number of carbonyl (C=O) groups excluding carboxylic acids is 2. The van der Waals surface area contributed by atoms with Crippen molar-refractivity contribution in [3.05, 3.63) is 65.2 Å². The first-order valence-corrected chi connectivity index (χ1v) is 9.78. The second-order valence-corrected chi connectivity index (χ2v) is 7.47. The molecular weight excluding hydrogens is 434 g/mol. The van der Waals surface area contributed by atoms with E-state index in [0.717, 1.165) is 29.1 Å². The Labute approximate surface area is 187 Å². The van der Waals surface area contributed by atoms with Crippen molar-refractivity contribution in [3.8, 4) is 11.4 Å². The summed E-state index contributed by atoms with van der Waals surface area (Å²) in [6.07, 6.45) is 2.27. The summed E-state index contributed by atoms with van der Waals surface area (Å²) in [6, 6.07) is 10.9. The Hall–Kier alpha value is -4.02. The van der Waals surface area contributed by atoms with Crippen LogP contribution in [0, 0.1) is 0 Å². The number of carbonyl (C=O) groups is 2. The van der Waals surface area contributed by atoms with Crippen molar-refractivity contribution in [1.82, 2.24) is 25.4 Å². The summed E-state index contributed by atoms with van der Waals surface area (Å²) in [7, 11) is 3.91. The number of hydrogen-bond acceptors (Lipinski definition) is 7. The number of anilines is 2. The van der Waals surface area contributed by atoms with E-state index in [4.69, 9.17) is 16.8 Å². The number of hydroxylamine groups is 1. The van der Waals surface area contributed by atoms with E-state index in [-0.39, 0.29) is 11.4 Å². The van der Waals surface area contributed by atoms with Crippen LogP contribution in [0.5, 0.6) is 0 Å². The molecule has 0 spiro atoms. The Morgan fingerprint density at radius 3 is 2.50 bits per heavy atom. The van der Waals surface area contributed by atoms with E-state index >= 15 is 0 Å². The molecule has 162 valence electrons. The van der Waals surface area contributed by atoms with Crippen LogP contribution in [0.15, 0.2) is 48.8 Å². The fraction of sp³-hybridized carbons (Fsp3) is 0.0952. The van der Waals surface area contributed by atoms with Gasteiger partial charge in [-0.3, -0.25) is 14.8 Å². The normalized spacial score (nSPS) is 10.8. The largest absolute Gasteiger partial charge is 0.378 e. The highest BCUT2D eigenvalue weighted by atomic mass is 35.5. The number of aromatic amines is 1. The molecule has 32 heavy (non-hydrogen) atoms. The number of halogens is 1. The van der Waals surface area contributed by atoms with E-state index in [1.54, 1.807) is 18.2 Å². The third-order valence-corrected chi connectivity index (χ3v) is 5.01. The van der Waals surface area contributed by atoms with Crippen LogP contribution in [0.4, 0.5) is 11.4 Å². The summed E-state index contributed by atoms with van der Waals surface area (Å²) in [6.45, 7) is 0. The maximum absolute atomic E-state index is 12.5. The molecule has 0 fully saturated rings. The van der Waals surface area contributed by atoms with Gasteiger partial charge in [0.25, 0.3) is 11.8 Å². The third-order valence-electron chi connectivity index (χ3n) is 4.68. The predicted molar refractivity (Wildman–Crippen MR) is 120 cm³/mol. The molecule has 2 aromatic carbocycles. The first kappa shape index (κ1) is 21.2. The molecule has 0 saturated heterocycles. The van der Waals surface area contributed by atoms with Gasteiger partial charge in [0.2, 0.25) is 5.82 Å². The first-order valence-electron chi connectivity index (χ1n) is 9.40. The number of hydrogen-bond donors (Lipinski definition) is 4. The van der Waals surface area contributed by atoms with Crippen molar-refractivity contribution in [1.29, 1.82) is 0 Å². The Balaban J connectivity index is 1.59. The molecule has 0 aliphatic heterocycles. The van der Waals surface area contributed by atoms with Gasteiger partial charge in [-0.05, 0) is 36.4 Å². The van der Waals surface area contributed by atoms with E-state index in [1.165, 1.54) is 5.48 Å². The van der Waals surface area contributed by atoms with E-state index in [2.05, 4.69) is 25.3 Å². The van der Waals surface area contributed by atoms with Gasteiger partial charge in [0, 0.05) is 43.4 Å². The zero-order valence-corrected chi connectivity index (χ0v) is 17.8. The molecule has 11 heteroatoms. The molecule has 0 atom stereocenters. The SMILES string of the molecule is CN(C)c1ccc2[nH]c(-c3cc(NC(=O)c4ncc(C(=O)NO)cn4)ccc3Cl)nc2c1. The number of rotatable bonds is 5. The Morgan fingerprint density at radius 2 is 1.81 bits per heavy atom. The molecule has 2 amide bonds. The molecule has 2 aromatic heterocycles. The van der Waals surface area contributed by atoms with Crippen LogP contribution in [0.2, 0.25) is 5.02 Å². The summed E-state index contributed by atoms with van der Waals surface area (Å²) >= 11 is 6.39. The average molecular weight is 452 g/mol. The predicted octanol–water partition coefficient (Wildman–Crippen LogP) is 3.11. The Morgan fingerprint density at radius 1 is 1.06 bits per heavy atom. The summed E-state index contributed by atoms with van der Waals surface area (Å²) in [4.78, 5) is 41.4. The smallest absolute Gasteiger partial charge is 0.293 e. The van der Waals surface area contributed by atoms with Gasteiger partial charge < -0.3 is 15.2 Å². The highest BCUT2D eigenvalue weighted by Gasteiger charge is 2.15. The van der Waals surface area contributed by atoms with Gasteiger partial charge in [0.05, 0.1) is 21.6 Å². The minimum atomic E-state index is -0.775. The van der Waals surface area contributed by atoms with Gasteiger partial charge in [-0.1, -0.05) is 11.6 Å². The van der Waals surface area contributed by atoms with Crippen molar-refractivity contribution in [3.63, 3.8) is 0 Å². The van der Waals surface area contributed by atoms with Crippen LogP contribution in [0.1, 0.15) is 21.0 Å². The van der Waals surface area contributed by atoms with Crippen molar-refractivity contribution in [2.24, 2.45) is 0 Å². The molecular formula is C21H18ClN7O3. The summed E-state index contributed by atoms with van der Waals surface area (Å²) in [5.74, 6) is -0.930. The molecule has 4 aromatic rings. The van der Waals surface area contributed by atoms with Gasteiger partial charge in [-0.25, -0.2) is 20.4 Å². The summed E-state index contributed by atoms with van der Waals surface area (Å²) in [5, 5.41) is 11.8. The highest BCUT2D eigenvalue weighted by molar-refractivity contribution is 6.33. The van der Waals surface area contributed by atoms with Crippen molar-refractivity contribution in [2.45, 2.75) is 0 Å². The topological polar surface area (TPSA) is 136 Å². The van der Waals surface area contributed by atoms with Gasteiger partial charge in [0.1, 0.15) is 5.82 Å². The monoisotopic (exact) mass is 451 g/mol. The van der Waals surface area contributed by atoms with Crippen LogP contribution in [0.3, 0.4) is 0 Å². The third kappa shape index (κ3) is 4.22. The quantitative estimate of drug-likeness (QED) is 0.270. The molecule has 0 aliphatic rings. The van der Waals surface area contributed by atoms with E-state index < -0.39 is 11.8 Å². The number of H-pyrrole nitrogens is 1. The number of benzene rings is 2. The fourth-order valence-corrected chi connectivity index (χ4v) is 3.21. The molecule has 4 rings (SSSR count). The highest BCUT2D eigenvalue weighted by Crippen LogP contribution is 2.31. The Bertz CT molecular complexity index is 1320. The molecule has 10 nitrogen and oxygen atoms in total. The molecule has 0 unspecified atom stereocenters. The lowest BCUT2D eigenvalue weighted by Crippen LogP contribution is -2.21. The van der Waals surface area contributed by atoms with Gasteiger partial charge in [0.15, 0.2) is 0 Å². The summed E-state index contributed by atoms with van der Waals surface area (Å²) < 4.78 is 0. The maximum atomic E-state index is 12.5. The second-order valence-electron chi connectivity index (χ2n) is 7.07. The van der Waals surface area contributed by atoms with E-state index in [0.29, 0.717) is 22.1 Å². The number of nitrogens with one attached hydrogen (secondary N) is 3. The van der Waals surface area contributed by atoms with Gasteiger partial charge in [-0.2, -0.15) is 0 Å². The zero-order chi connectivity index (χ0) is 22.8. The molecule has 0 radical (unpaired) electrons. The van der Waals surface area contributed by atoms with Crippen molar-refractivity contribution < 1.29 is 14.8 Å². The average Bonchev–Trinajstić information content (AvgIpc) is 3.23. The maximum Gasteiger partial charge on any atom is 0.293 e. The van der Waals surface area contributed by atoms with Crippen molar-refractivity contribution >= 4 is 45.8 Å². The minimum Gasteiger partial charge on any atom is -0.378 e. The fourth-order valence-electron chi connectivity index (χ4n) is 3.00. The van der Waals surface area contributed by atoms with Gasteiger partial charge in [-0.15, -0.1) is 0 Å². The minimum absolute atomic E-state index is 0.0140. The molecule has 0 aliphatic carbocycles. The van der Waals surface area contributed by atoms with E-state index in [1.807, 2.05) is 37.2 Å². The lowest BCUT2D eigenvalue weighted by atomic mass is 10.2. The Kier molecular flexibility index (Phi) is 5.71. The van der Waals surface area contributed by atoms with Crippen LogP contribution in [-0.2, 0) is 0 Å². The summed E-state index contributed by atoms with van der Waals surface area (Å²) in [5.41, 5.74) is 5.23. The van der Waals surface area contributed by atoms with Gasteiger partial charge >= 0.3 is 0 Å². The lowest BCUT2D eigenvalue weighted by molar-refractivity contribution is 0.0705. The lowest BCUT2D eigenvalue weighted by Gasteiger charge is -2.11. The van der Waals surface area contributed by atoms with Crippen LogP contribution in [0.25, 0.3) is 22.4 Å².